The third kappa shape index (κ3) is 5.39. The van der Waals surface area contributed by atoms with E-state index in [0.29, 0.717) is 0 Å². The van der Waals surface area contributed by atoms with Gasteiger partial charge in [0.2, 0.25) is 0 Å². The molecule has 252 valence electrons. The van der Waals surface area contributed by atoms with Gasteiger partial charge in [0.05, 0.1) is 11.4 Å². The summed E-state index contributed by atoms with van der Waals surface area (Å²) in [5.74, 6) is 0. The van der Waals surface area contributed by atoms with E-state index in [9.17, 15) is 0 Å². The van der Waals surface area contributed by atoms with E-state index < -0.39 is 0 Å². The normalized spacial score (nSPS) is 12.8. The highest BCUT2D eigenvalue weighted by atomic mass is 127. The molecule has 0 aromatic heterocycles. The predicted molar refractivity (Wildman–Crippen MR) is 233 cm³/mol. The number of para-hydroxylation sites is 2. The first-order valence-electron chi connectivity index (χ1n) is 17.7. The highest BCUT2D eigenvalue weighted by Crippen LogP contribution is 2.56. The molecule has 0 saturated heterocycles. The molecule has 0 radical (unpaired) electrons. The number of rotatable bonds is 7. The fraction of sp³-hybridized carbons (Fsp3) is 0.0833. The second kappa shape index (κ2) is 13.2. The number of nitrogens with zero attached hydrogens (tertiary/aromatic N) is 2. The van der Waals surface area contributed by atoms with Gasteiger partial charge in [-0.3, -0.25) is 0 Å². The van der Waals surface area contributed by atoms with Gasteiger partial charge in [0.25, 0.3) is 0 Å². The zero-order valence-electron chi connectivity index (χ0n) is 29.3. The summed E-state index contributed by atoms with van der Waals surface area (Å²) in [6.45, 7) is 6.98. The molecule has 0 fully saturated rings. The van der Waals surface area contributed by atoms with Crippen molar-refractivity contribution in [1.29, 1.82) is 0 Å². The van der Waals surface area contributed by atoms with Crippen LogP contribution in [0.15, 0.2) is 175 Å². The summed E-state index contributed by atoms with van der Waals surface area (Å²) in [6.07, 6.45) is 0. The van der Waals surface area contributed by atoms with Gasteiger partial charge in [-0.1, -0.05) is 126 Å². The molecule has 0 N–H and O–H groups in total. The van der Waals surface area contributed by atoms with Crippen molar-refractivity contribution in [3.63, 3.8) is 0 Å². The molecule has 0 heterocycles. The SMILES string of the molecule is Cc1cccc(N(c2ccc(SI)c3ccccc23)c2cc3c(c4ccccc24)-c2ccc(N(c4ccccc4)c4ccccc4)cc2C3(C)C)c1. The van der Waals surface area contributed by atoms with Crippen LogP contribution in [0, 0.1) is 6.92 Å². The summed E-state index contributed by atoms with van der Waals surface area (Å²) in [5.41, 5.74) is 13.3. The van der Waals surface area contributed by atoms with Crippen molar-refractivity contribution < 1.29 is 0 Å². The number of anilines is 6. The Balaban J connectivity index is 1.29. The number of halogens is 1. The summed E-state index contributed by atoms with van der Waals surface area (Å²) in [7, 11) is 1.77. The van der Waals surface area contributed by atoms with Crippen molar-refractivity contribution in [1.82, 2.24) is 0 Å². The Hall–Kier alpha value is -5.04. The Labute approximate surface area is 322 Å². The van der Waals surface area contributed by atoms with E-state index in [0.717, 1.165) is 22.7 Å². The summed E-state index contributed by atoms with van der Waals surface area (Å²) in [6, 6.07) is 62.3. The molecule has 0 unspecified atom stereocenters. The Morgan fingerprint density at radius 3 is 1.69 bits per heavy atom. The van der Waals surface area contributed by atoms with E-state index in [2.05, 4.69) is 222 Å². The smallest absolute Gasteiger partial charge is 0.0543 e. The van der Waals surface area contributed by atoms with Gasteiger partial charge in [0.1, 0.15) is 0 Å². The van der Waals surface area contributed by atoms with Gasteiger partial charge in [0, 0.05) is 65.0 Å². The molecule has 8 aromatic rings. The summed E-state index contributed by atoms with van der Waals surface area (Å²) < 4.78 is 0. The van der Waals surface area contributed by atoms with Crippen molar-refractivity contribution in [2.75, 3.05) is 9.80 Å². The third-order valence-corrected chi connectivity index (χ3v) is 12.6. The standard InChI is InChI=1S/C48H37IN2S/c1-32-15-14-20-35(29-32)51(44-27-28-46(52-49)39-23-12-10-21-37(39)44)45-31-43-47(40-24-13-11-22-38(40)45)41-26-25-36(30-42(41)48(43,2)3)50(33-16-6-4-7-17-33)34-18-8-5-9-19-34/h4-31H,1-3H3. The lowest BCUT2D eigenvalue weighted by Gasteiger charge is -2.31. The van der Waals surface area contributed by atoms with Gasteiger partial charge in [-0.25, -0.2) is 0 Å². The number of fused-ring (bicyclic) bond motifs is 6. The van der Waals surface area contributed by atoms with E-state index in [1.165, 1.54) is 65.6 Å². The third-order valence-electron chi connectivity index (χ3n) is 10.6. The maximum atomic E-state index is 2.50. The Kier molecular flexibility index (Phi) is 8.32. The first kappa shape index (κ1) is 32.8. The minimum absolute atomic E-state index is 0.249. The number of hydrogen-bond donors (Lipinski definition) is 0. The zero-order valence-corrected chi connectivity index (χ0v) is 32.3. The summed E-state index contributed by atoms with van der Waals surface area (Å²) in [4.78, 5) is 6.14. The minimum atomic E-state index is -0.249. The molecule has 0 atom stereocenters. The minimum Gasteiger partial charge on any atom is -0.310 e. The molecule has 8 aromatic carbocycles. The molecule has 0 spiro atoms. The Bertz CT molecular complexity index is 2580. The van der Waals surface area contributed by atoms with Crippen LogP contribution in [0.2, 0.25) is 0 Å². The Morgan fingerprint density at radius 2 is 1.04 bits per heavy atom. The average molecular weight is 801 g/mol. The molecular weight excluding hydrogens is 764 g/mol. The molecule has 1 aliphatic rings. The van der Waals surface area contributed by atoms with E-state index in [-0.39, 0.29) is 5.41 Å². The van der Waals surface area contributed by atoms with Gasteiger partial charge >= 0.3 is 0 Å². The van der Waals surface area contributed by atoms with Crippen LogP contribution in [-0.4, -0.2) is 0 Å². The maximum Gasteiger partial charge on any atom is 0.0543 e. The van der Waals surface area contributed by atoms with Crippen molar-refractivity contribution in [3.05, 3.63) is 187 Å². The quantitative estimate of drug-likeness (QED) is 0.148. The predicted octanol–water partition coefficient (Wildman–Crippen LogP) is 15.0. The molecule has 1 aliphatic carbocycles. The van der Waals surface area contributed by atoms with Crippen LogP contribution < -0.4 is 9.80 Å². The monoisotopic (exact) mass is 800 g/mol. The molecule has 0 bridgehead atoms. The number of aryl methyl sites for hydroxylation is 1. The van der Waals surface area contributed by atoms with E-state index >= 15 is 0 Å². The Morgan fingerprint density at radius 1 is 0.462 bits per heavy atom. The summed E-state index contributed by atoms with van der Waals surface area (Å²) in [5, 5.41) is 5.02. The van der Waals surface area contributed by atoms with Crippen molar-refractivity contribution in [3.8, 4) is 11.1 Å². The maximum absolute atomic E-state index is 2.50. The highest BCUT2D eigenvalue weighted by Gasteiger charge is 2.38. The topological polar surface area (TPSA) is 6.48 Å². The van der Waals surface area contributed by atoms with E-state index in [1.807, 2.05) is 0 Å². The molecule has 0 amide bonds. The van der Waals surface area contributed by atoms with Crippen molar-refractivity contribution >= 4 is 85.8 Å². The van der Waals surface area contributed by atoms with Crippen LogP contribution in [0.1, 0.15) is 30.5 Å². The fourth-order valence-corrected chi connectivity index (χ4v) is 9.70. The molecule has 52 heavy (non-hydrogen) atoms. The summed E-state index contributed by atoms with van der Waals surface area (Å²) >= 11 is 2.41. The van der Waals surface area contributed by atoms with Crippen LogP contribution in [0.25, 0.3) is 32.7 Å². The van der Waals surface area contributed by atoms with Crippen molar-refractivity contribution in [2.24, 2.45) is 0 Å². The molecular formula is C48H37IN2S. The molecule has 0 saturated carbocycles. The van der Waals surface area contributed by atoms with Crippen molar-refractivity contribution in [2.45, 2.75) is 31.1 Å². The van der Waals surface area contributed by atoms with Crippen LogP contribution in [0.4, 0.5) is 34.1 Å². The zero-order chi connectivity index (χ0) is 35.4. The molecule has 2 nitrogen and oxygen atoms in total. The lowest BCUT2D eigenvalue weighted by atomic mass is 9.81. The van der Waals surface area contributed by atoms with Crippen LogP contribution in [-0.2, 0) is 5.41 Å². The molecule has 4 heteroatoms. The van der Waals surface area contributed by atoms with Gasteiger partial charge in [-0.2, -0.15) is 0 Å². The van der Waals surface area contributed by atoms with Gasteiger partial charge in [-0.05, 0) is 112 Å². The van der Waals surface area contributed by atoms with Crippen LogP contribution >= 0.6 is 30.1 Å². The second-order valence-corrected chi connectivity index (χ2v) is 16.0. The van der Waals surface area contributed by atoms with Crippen LogP contribution in [0.5, 0.6) is 0 Å². The largest absolute Gasteiger partial charge is 0.310 e. The average Bonchev–Trinajstić information content (AvgIpc) is 3.41. The molecule has 0 aliphatic heterocycles. The van der Waals surface area contributed by atoms with E-state index in [4.69, 9.17) is 0 Å². The first-order valence-corrected chi connectivity index (χ1v) is 21.1. The van der Waals surface area contributed by atoms with Gasteiger partial charge in [-0.15, -0.1) is 0 Å². The van der Waals surface area contributed by atoms with E-state index in [1.54, 1.807) is 8.93 Å². The van der Waals surface area contributed by atoms with Crippen LogP contribution in [0.3, 0.4) is 0 Å². The second-order valence-electron chi connectivity index (χ2n) is 14.1. The van der Waals surface area contributed by atoms with Gasteiger partial charge < -0.3 is 9.80 Å². The van der Waals surface area contributed by atoms with Gasteiger partial charge in [0.15, 0.2) is 0 Å². The number of hydrogen-bond acceptors (Lipinski definition) is 3. The lowest BCUT2D eigenvalue weighted by molar-refractivity contribution is 0.661. The first-order chi connectivity index (χ1) is 25.4. The lowest BCUT2D eigenvalue weighted by Crippen LogP contribution is -2.18. The highest BCUT2D eigenvalue weighted by molar-refractivity contribution is 14.2. The molecule has 9 rings (SSSR count). The number of benzene rings is 8. The fourth-order valence-electron chi connectivity index (χ4n) is 8.17.